The molecule has 8 heteroatoms. The van der Waals surface area contributed by atoms with Crippen molar-refractivity contribution in [3.8, 4) is 0 Å². The Hall–Kier alpha value is -1.90. The highest BCUT2D eigenvalue weighted by Gasteiger charge is 2.85. The van der Waals surface area contributed by atoms with Gasteiger partial charge in [-0.2, -0.15) is 0 Å². The van der Waals surface area contributed by atoms with Crippen LogP contribution in [0, 0.1) is 22.7 Å². The third kappa shape index (κ3) is 1.66. The van der Waals surface area contributed by atoms with Crippen molar-refractivity contribution in [2.75, 3.05) is 0 Å². The molecular weight excluding hydrogens is 368 g/mol. The predicted octanol–water partition coefficient (Wildman–Crippen LogP) is 0.715. The maximum Gasteiger partial charge on any atom is 0.341 e. The molecule has 0 spiro atoms. The average Bonchev–Trinajstić information content (AvgIpc) is 3.24. The van der Waals surface area contributed by atoms with Gasteiger partial charge in [0.2, 0.25) is 0 Å². The van der Waals surface area contributed by atoms with Crippen LogP contribution in [0.15, 0.2) is 23.0 Å². The van der Waals surface area contributed by atoms with Crippen LogP contribution in [0.3, 0.4) is 0 Å². The number of furan rings is 1. The summed E-state index contributed by atoms with van der Waals surface area (Å²) in [5.41, 5.74) is -2.79. The topological polar surface area (TPSA) is 119 Å². The second-order valence-corrected chi connectivity index (χ2v) is 9.49. The van der Waals surface area contributed by atoms with Gasteiger partial charge in [0.25, 0.3) is 0 Å². The van der Waals surface area contributed by atoms with Crippen LogP contribution in [0.5, 0.6) is 0 Å². The maximum atomic E-state index is 13.0. The van der Waals surface area contributed by atoms with E-state index < -0.39 is 58.7 Å². The normalized spacial score (nSPS) is 56.2. The summed E-state index contributed by atoms with van der Waals surface area (Å²) in [6.45, 7) is 3.76. The molecule has 150 valence electrons. The number of aliphatic hydroxyl groups excluding tert-OH is 1. The molecule has 4 aliphatic heterocycles. The van der Waals surface area contributed by atoms with Crippen LogP contribution >= 0.6 is 0 Å². The summed E-state index contributed by atoms with van der Waals surface area (Å²) in [6.07, 6.45) is 0.535. The molecule has 1 aromatic rings. The summed E-state index contributed by atoms with van der Waals surface area (Å²) in [5, 5.41) is 22.4. The van der Waals surface area contributed by atoms with Gasteiger partial charge in [-0.25, -0.2) is 4.79 Å². The monoisotopic (exact) mass is 390 g/mol. The fourth-order valence-corrected chi connectivity index (χ4v) is 7.07. The molecule has 1 aromatic heterocycles. The van der Waals surface area contributed by atoms with Crippen molar-refractivity contribution < 1.29 is 38.4 Å². The summed E-state index contributed by atoms with van der Waals surface area (Å²) >= 11 is 0. The first-order valence-corrected chi connectivity index (χ1v) is 9.71. The number of ether oxygens (including phenoxy) is 3. The highest BCUT2D eigenvalue weighted by Crippen LogP contribution is 2.72. The molecule has 7 rings (SSSR count). The lowest BCUT2D eigenvalue weighted by Gasteiger charge is -2.67. The van der Waals surface area contributed by atoms with Gasteiger partial charge in [0.1, 0.15) is 24.4 Å². The van der Waals surface area contributed by atoms with Crippen LogP contribution < -0.4 is 0 Å². The van der Waals surface area contributed by atoms with Gasteiger partial charge in [0.15, 0.2) is 5.60 Å². The van der Waals surface area contributed by atoms with Gasteiger partial charge in [-0.3, -0.25) is 4.79 Å². The van der Waals surface area contributed by atoms with Crippen LogP contribution in [0.4, 0.5) is 0 Å². The molecule has 0 aromatic carbocycles. The van der Waals surface area contributed by atoms with Gasteiger partial charge < -0.3 is 28.8 Å². The van der Waals surface area contributed by atoms with Crippen LogP contribution in [0.2, 0.25) is 0 Å². The second kappa shape index (κ2) is 4.80. The number of esters is 2. The summed E-state index contributed by atoms with van der Waals surface area (Å²) in [6, 6.07) is 1.75. The van der Waals surface area contributed by atoms with Crippen molar-refractivity contribution in [3.63, 3.8) is 0 Å². The Morgan fingerprint density at radius 3 is 2.64 bits per heavy atom. The molecule has 0 radical (unpaired) electrons. The van der Waals surface area contributed by atoms with Crippen LogP contribution in [0.25, 0.3) is 0 Å². The van der Waals surface area contributed by atoms with E-state index >= 15 is 0 Å². The zero-order valence-corrected chi connectivity index (χ0v) is 15.5. The molecule has 0 amide bonds. The number of rotatable bonds is 1. The SMILES string of the molecule is C[C@@]12C[C@H](c3ccoc3)OC(=O)[C@@H]1[C@@H](O)C[C@]1(C)[C@H]2[C@@H]2OC(=O)[C@@]1(O)[C@H]1O[C@@H]21. The number of hydrogen-bond donors (Lipinski definition) is 2. The molecule has 6 aliphatic rings. The van der Waals surface area contributed by atoms with Crippen molar-refractivity contribution in [2.45, 2.75) is 62.8 Å². The fraction of sp³-hybridized carbons (Fsp3) is 0.700. The molecule has 5 heterocycles. The Balaban J connectivity index is 1.50. The van der Waals surface area contributed by atoms with E-state index in [4.69, 9.17) is 18.6 Å². The smallest absolute Gasteiger partial charge is 0.341 e. The van der Waals surface area contributed by atoms with E-state index in [9.17, 15) is 19.8 Å². The highest BCUT2D eigenvalue weighted by molar-refractivity contribution is 5.86. The summed E-state index contributed by atoms with van der Waals surface area (Å²) < 4.78 is 22.1. The molecule has 2 N–H and O–H groups in total. The molecule has 8 nitrogen and oxygen atoms in total. The van der Waals surface area contributed by atoms with Crippen molar-refractivity contribution in [2.24, 2.45) is 22.7 Å². The molecule has 2 aliphatic carbocycles. The molecule has 6 fully saturated rings. The molecule has 4 saturated heterocycles. The van der Waals surface area contributed by atoms with E-state index in [-0.39, 0.29) is 18.4 Å². The Labute approximate surface area is 160 Å². The summed E-state index contributed by atoms with van der Waals surface area (Å²) in [7, 11) is 0. The minimum Gasteiger partial charge on any atom is -0.472 e. The third-order valence-corrected chi connectivity index (χ3v) is 8.19. The minimum absolute atomic E-state index is 0.109. The van der Waals surface area contributed by atoms with E-state index in [1.54, 1.807) is 12.3 Å². The number of hydrogen-bond acceptors (Lipinski definition) is 8. The van der Waals surface area contributed by atoms with Crippen molar-refractivity contribution in [1.82, 2.24) is 0 Å². The number of epoxide rings is 1. The van der Waals surface area contributed by atoms with Gasteiger partial charge in [0.05, 0.1) is 24.5 Å². The van der Waals surface area contributed by atoms with Crippen LogP contribution in [-0.4, -0.2) is 52.2 Å². The summed E-state index contributed by atoms with van der Waals surface area (Å²) in [5.74, 6) is -2.26. The van der Waals surface area contributed by atoms with Crippen LogP contribution in [0.1, 0.15) is 38.4 Å². The van der Waals surface area contributed by atoms with Gasteiger partial charge in [0, 0.05) is 16.9 Å². The lowest BCUT2D eigenvalue weighted by atomic mass is 9.40. The van der Waals surface area contributed by atoms with E-state index in [1.165, 1.54) is 6.26 Å². The quantitative estimate of drug-likeness (QED) is 0.532. The molecule has 0 unspecified atom stereocenters. The number of carbonyl (C=O) groups excluding carboxylic acids is 2. The first kappa shape index (κ1) is 17.0. The third-order valence-electron chi connectivity index (χ3n) is 8.19. The predicted molar refractivity (Wildman–Crippen MR) is 89.5 cm³/mol. The molecule has 2 bridgehead atoms. The van der Waals surface area contributed by atoms with Crippen molar-refractivity contribution in [3.05, 3.63) is 24.2 Å². The Kier molecular flexibility index (Phi) is 2.92. The largest absolute Gasteiger partial charge is 0.472 e. The van der Waals surface area contributed by atoms with Gasteiger partial charge >= 0.3 is 11.9 Å². The Morgan fingerprint density at radius 2 is 1.93 bits per heavy atom. The van der Waals surface area contributed by atoms with Gasteiger partial charge in [-0.05, 0) is 24.3 Å². The maximum absolute atomic E-state index is 13.0. The molecule has 28 heavy (non-hydrogen) atoms. The van der Waals surface area contributed by atoms with Crippen LogP contribution in [-0.2, 0) is 23.8 Å². The number of aliphatic hydroxyl groups is 2. The minimum atomic E-state index is -1.82. The number of carbonyl (C=O) groups is 2. The van der Waals surface area contributed by atoms with E-state index in [2.05, 4.69) is 0 Å². The van der Waals surface area contributed by atoms with Crippen molar-refractivity contribution in [1.29, 1.82) is 0 Å². The van der Waals surface area contributed by atoms with E-state index in [0.29, 0.717) is 6.42 Å². The zero-order valence-electron chi connectivity index (χ0n) is 15.5. The summed E-state index contributed by atoms with van der Waals surface area (Å²) in [4.78, 5) is 25.6. The lowest BCUT2D eigenvalue weighted by Crippen LogP contribution is -2.78. The average molecular weight is 390 g/mol. The molecule has 10 atom stereocenters. The zero-order chi connectivity index (χ0) is 19.6. The first-order valence-electron chi connectivity index (χ1n) is 9.71. The fourth-order valence-electron chi connectivity index (χ4n) is 7.07. The molecular formula is C20H22O8. The highest BCUT2D eigenvalue weighted by atomic mass is 16.7. The number of fused-ring (bicyclic) bond motifs is 2. The standard InChI is InChI=1S/C20H22O8/c1-18-6-10(8-3-4-25-7-8)26-16(22)11(18)9(21)5-19(2)14(18)12-13-15(27-13)20(19,24)17(23)28-12/h3-4,7,9-15,21,24H,5-6H2,1-2H3/t9-,10+,11-,12+,13-,14-,15-,18+,19+,20-/m0/s1. The first-order chi connectivity index (χ1) is 13.2. The van der Waals surface area contributed by atoms with Crippen molar-refractivity contribution >= 4 is 11.9 Å². The molecule has 2 saturated carbocycles. The van der Waals surface area contributed by atoms with Gasteiger partial charge in [-0.1, -0.05) is 13.8 Å². The number of cyclic esters (lactones) is 1. The Morgan fingerprint density at radius 1 is 1.14 bits per heavy atom. The Bertz CT molecular complexity index is 881. The lowest BCUT2D eigenvalue weighted by molar-refractivity contribution is -0.296. The van der Waals surface area contributed by atoms with E-state index in [0.717, 1.165) is 5.56 Å². The van der Waals surface area contributed by atoms with Gasteiger partial charge in [-0.15, -0.1) is 0 Å². The second-order valence-electron chi connectivity index (χ2n) is 9.49. The van der Waals surface area contributed by atoms with E-state index in [1.807, 2.05) is 13.8 Å².